The lowest BCUT2D eigenvalue weighted by Gasteiger charge is -2.08. The second-order valence-corrected chi connectivity index (χ2v) is 4.63. The zero-order valence-electron chi connectivity index (χ0n) is 8.54. The van der Waals surface area contributed by atoms with Gasteiger partial charge in [-0.3, -0.25) is 4.79 Å². The standard InChI is InChI=1S/C12H11F2NO/c13-5-1-6-7-3-9(7)12(15)11(16)4-8(6)10(14)2-5/h1-2,7,9,12H,3-4,15H2/t7-,9-,12+/m1/s1. The molecule has 0 radical (unpaired) electrons. The van der Waals surface area contributed by atoms with Gasteiger partial charge in [0.05, 0.1) is 6.04 Å². The van der Waals surface area contributed by atoms with Crippen LogP contribution in [-0.4, -0.2) is 11.8 Å². The van der Waals surface area contributed by atoms with Crippen molar-refractivity contribution in [2.45, 2.75) is 24.8 Å². The summed E-state index contributed by atoms with van der Waals surface area (Å²) in [4.78, 5) is 11.7. The number of rotatable bonds is 0. The van der Waals surface area contributed by atoms with Gasteiger partial charge in [0.15, 0.2) is 5.78 Å². The predicted molar refractivity (Wildman–Crippen MR) is 53.9 cm³/mol. The number of carbonyl (C=O) groups excluding carboxylic acids is 1. The van der Waals surface area contributed by atoms with Crippen molar-refractivity contribution in [1.29, 1.82) is 0 Å². The molecule has 0 aliphatic heterocycles. The average molecular weight is 223 g/mol. The van der Waals surface area contributed by atoms with Crippen LogP contribution in [0.25, 0.3) is 0 Å². The Kier molecular flexibility index (Phi) is 1.92. The highest BCUT2D eigenvalue weighted by Gasteiger charge is 2.48. The summed E-state index contributed by atoms with van der Waals surface area (Å²) in [6.45, 7) is 0. The number of halogens is 2. The number of benzene rings is 1. The normalized spacial score (nSPS) is 31.7. The number of hydrogen-bond acceptors (Lipinski definition) is 2. The Morgan fingerprint density at radius 1 is 1.31 bits per heavy atom. The number of fused-ring (bicyclic) bond motifs is 3. The van der Waals surface area contributed by atoms with Gasteiger partial charge in [0, 0.05) is 12.5 Å². The quantitative estimate of drug-likeness (QED) is 0.724. The first kappa shape index (κ1) is 9.90. The molecule has 1 fully saturated rings. The van der Waals surface area contributed by atoms with E-state index in [1.807, 2.05) is 0 Å². The fourth-order valence-corrected chi connectivity index (χ4v) is 2.64. The van der Waals surface area contributed by atoms with Gasteiger partial charge in [0.2, 0.25) is 0 Å². The minimum atomic E-state index is -0.622. The van der Waals surface area contributed by atoms with Gasteiger partial charge in [-0.15, -0.1) is 0 Å². The van der Waals surface area contributed by atoms with Crippen LogP contribution in [0.15, 0.2) is 12.1 Å². The molecular weight excluding hydrogens is 212 g/mol. The van der Waals surface area contributed by atoms with Crippen molar-refractivity contribution in [2.24, 2.45) is 11.7 Å². The maximum atomic E-state index is 13.6. The highest BCUT2D eigenvalue weighted by Crippen LogP contribution is 2.52. The van der Waals surface area contributed by atoms with Gasteiger partial charge in [-0.1, -0.05) is 0 Å². The minimum absolute atomic E-state index is 0.00435. The largest absolute Gasteiger partial charge is 0.321 e. The molecule has 2 aliphatic carbocycles. The summed E-state index contributed by atoms with van der Waals surface area (Å²) in [7, 11) is 0. The van der Waals surface area contributed by atoms with Crippen molar-refractivity contribution in [2.75, 3.05) is 0 Å². The third-order valence-corrected chi connectivity index (χ3v) is 3.62. The SMILES string of the molecule is N[C@@H]1C(=O)Cc2c(F)cc(F)cc2[C@H]2C[C@@H]12. The third kappa shape index (κ3) is 1.29. The Labute approximate surface area is 91.4 Å². The van der Waals surface area contributed by atoms with E-state index in [1.54, 1.807) is 0 Å². The van der Waals surface area contributed by atoms with Crippen molar-refractivity contribution in [3.63, 3.8) is 0 Å². The zero-order valence-corrected chi connectivity index (χ0v) is 8.54. The first-order valence-corrected chi connectivity index (χ1v) is 5.34. The number of ketones is 1. The Hall–Kier alpha value is -1.29. The van der Waals surface area contributed by atoms with Crippen LogP contribution in [0.3, 0.4) is 0 Å². The van der Waals surface area contributed by atoms with Crippen LogP contribution in [0.5, 0.6) is 0 Å². The smallest absolute Gasteiger partial charge is 0.154 e. The molecule has 2 aliphatic rings. The molecule has 4 heteroatoms. The first-order valence-electron chi connectivity index (χ1n) is 5.34. The second kappa shape index (κ2) is 3.10. The monoisotopic (exact) mass is 223 g/mol. The zero-order chi connectivity index (χ0) is 11.4. The highest BCUT2D eigenvalue weighted by molar-refractivity contribution is 5.88. The Morgan fingerprint density at radius 2 is 2.06 bits per heavy atom. The van der Waals surface area contributed by atoms with E-state index in [2.05, 4.69) is 0 Å². The molecule has 0 saturated heterocycles. The fraction of sp³-hybridized carbons (Fsp3) is 0.417. The molecule has 1 aromatic carbocycles. The number of carbonyl (C=O) groups is 1. The molecule has 0 spiro atoms. The molecule has 2 nitrogen and oxygen atoms in total. The van der Waals surface area contributed by atoms with Crippen LogP contribution in [0, 0.1) is 17.6 Å². The molecule has 0 unspecified atom stereocenters. The summed E-state index contributed by atoms with van der Waals surface area (Å²) in [5.41, 5.74) is 6.75. The molecular formula is C12H11F2NO. The molecule has 0 bridgehead atoms. The van der Waals surface area contributed by atoms with Crippen LogP contribution < -0.4 is 5.73 Å². The van der Waals surface area contributed by atoms with E-state index in [4.69, 9.17) is 5.73 Å². The molecule has 1 aromatic rings. The Morgan fingerprint density at radius 3 is 2.81 bits per heavy atom. The fourth-order valence-electron chi connectivity index (χ4n) is 2.64. The van der Waals surface area contributed by atoms with Crippen LogP contribution in [0.2, 0.25) is 0 Å². The van der Waals surface area contributed by atoms with Gasteiger partial charge in [-0.05, 0) is 35.4 Å². The van der Waals surface area contributed by atoms with Gasteiger partial charge in [0.25, 0.3) is 0 Å². The molecule has 1 saturated carbocycles. The lowest BCUT2D eigenvalue weighted by Crippen LogP contribution is -2.33. The van der Waals surface area contributed by atoms with Crippen LogP contribution in [-0.2, 0) is 11.2 Å². The maximum Gasteiger partial charge on any atom is 0.154 e. The lowest BCUT2D eigenvalue weighted by molar-refractivity contribution is -0.120. The van der Waals surface area contributed by atoms with E-state index in [9.17, 15) is 13.6 Å². The van der Waals surface area contributed by atoms with Crippen LogP contribution in [0.1, 0.15) is 23.5 Å². The van der Waals surface area contributed by atoms with Crippen molar-refractivity contribution in [3.8, 4) is 0 Å². The molecule has 3 atom stereocenters. The molecule has 0 heterocycles. The van der Waals surface area contributed by atoms with Gasteiger partial charge in [0.1, 0.15) is 11.6 Å². The highest BCUT2D eigenvalue weighted by atomic mass is 19.1. The second-order valence-electron chi connectivity index (χ2n) is 4.63. The number of nitrogens with two attached hydrogens (primary N) is 1. The maximum absolute atomic E-state index is 13.6. The molecule has 2 N–H and O–H groups in total. The van der Waals surface area contributed by atoms with Gasteiger partial charge in [-0.2, -0.15) is 0 Å². The van der Waals surface area contributed by atoms with Crippen molar-refractivity contribution >= 4 is 5.78 Å². The van der Waals surface area contributed by atoms with E-state index in [1.165, 1.54) is 6.07 Å². The van der Waals surface area contributed by atoms with E-state index in [0.29, 0.717) is 11.1 Å². The first-order chi connectivity index (χ1) is 7.58. The summed E-state index contributed by atoms with van der Waals surface area (Å²) >= 11 is 0. The number of hydrogen-bond donors (Lipinski definition) is 1. The van der Waals surface area contributed by atoms with Crippen molar-refractivity contribution in [3.05, 3.63) is 34.9 Å². The van der Waals surface area contributed by atoms with E-state index in [0.717, 1.165) is 12.5 Å². The molecule has 84 valence electrons. The van der Waals surface area contributed by atoms with Gasteiger partial charge >= 0.3 is 0 Å². The molecule has 0 amide bonds. The lowest BCUT2D eigenvalue weighted by atomic mass is 9.99. The summed E-state index contributed by atoms with van der Waals surface area (Å²) in [6.07, 6.45) is 0.762. The van der Waals surface area contributed by atoms with Crippen LogP contribution >= 0.6 is 0 Å². The van der Waals surface area contributed by atoms with Crippen molar-refractivity contribution < 1.29 is 13.6 Å². The molecule has 3 rings (SSSR count). The summed E-state index contributed by atoms with van der Waals surface area (Å²) in [5.74, 6) is -1.19. The van der Waals surface area contributed by atoms with Crippen LogP contribution in [0.4, 0.5) is 8.78 Å². The topological polar surface area (TPSA) is 43.1 Å². The Bertz CT molecular complexity index is 486. The summed E-state index contributed by atoms with van der Waals surface area (Å²) in [5, 5.41) is 0. The third-order valence-electron chi connectivity index (χ3n) is 3.62. The average Bonchev–Trinajstić information content (AvgIpc) is 2.99. The predicted octanol–water partition coefficient (Wildman–Crippen LogP) is 1.52. The van der Waals surface area contributed by atoms with E-state index < -0.39 is 17.7 Å². The molecule has 16 heavy (non-hydrogen) atoms. The molecule has 0 aromatic heterocycles. The summed E-state index contributed by atoms with van der Waals surface area (Å²) in [6, 6.07) is 1.66. The van der Waals surface area contributed by atoms with Gasteiger partial charge < -0.3 is 5.73 Å². The number of Topliss-reactive ketones (excluding diaryl/α,β-unsaturated/α-hetero) is 1. The van der Waals surface area contributed by atoms with Gasteiger partial charge in [-0.25, -0.2) is 8.78 Å². The summed E-state index contributed by atoms with van der Waals surface area (Å²) < 4.78 is 26.7. The Balaban J connectivity index is 2.15. The van der Waals surface area contributed by atoms with E-state index >= 15 is 0 Å². The van der Waals surface area contributed by atoms with E-state index in [-0.39, 0.29) is 24.0 Å². The minimum Gasteiger partial charge on any atom is -0.321 e. The van der Waals surface area contributed by atoms with Crippen molar-refractivity contribution in [1.82, 2.24) is 0 Å².